The normalized spacial score (nSPS) is 12.9. The Kier molecular flexibility index (Phi) is 25.4. The summed E-state index contributed by atoms with van der Waals surface area (Å²) in [6, 6.07) is 12.0. The third-order valence-corrected chi connectivity index (χ3v) is 9.64. The zero-order chi connectivity index (χ0) is 54.1. The van der Waals surface area contributed by atoms with Crippen molar-refractivity contribution in [3.05, 3.63) is 65.7 Å². The third-order valence-electron chi connectivity index (χ3n) is 9.64. The SMILES string of the molecule is CC(C)(C)OC(=O)NCCCC[C@H](NC(=O)OC(C)(C)C)C(=O)NCCCC[C@H](NC(=O)[C@H](CCCCNC(=O)OC(C)(C)C)NC(=O)OC(C)(C)C)C(=O)Nc1ccc(C(=O)OCc2ccccc2)cc1. The van der Waals surface area contributed by atoms with Crippen molar-refractivity contribution in [3.8, 4) is 0 Å². The van der Waals surface area contributed by atoms with Gasteiger partial charge in [-0.05, 0) is 171 Å². The van der Waals surface area contributed by atoms with Crippen LogP contribution in [0.5, 0.6) is 0 Å². The van der Waals surface area contributed by atoms with Gasteiger partial charge in [-0.15, -0.1) is 0 Å². The molecule has 2 aromatic rings. The molecule has 0 bridgehead atoms. The van der Waals surface area contributed by atoms with E-state index in [1.807, 2.05) is 30.3 Å². The van der Waals surface area contributed by atoms with E-state index in [1.165, 1.54) is 24.3 Å². The molecule has 0 fully saturated rings. The van der Waals surface area contributed by atoms with Gasteiger partial charge in [0.25, 0.3) is 0 Å². The summed E-state index contributed by atoms with van der Waals surface area (Å²) in [7, 11) is 0. The lowest BCUT2D eigenvalue weighted by molar-refractivity contribution is -0.128. The average molecular weight is 1010 g/mol. The molecular weight excluding hydrogens is 931 g/mol. The first kappa shape index (κ1) is 61.5. The molecule has 2 rings (SSSR count). The Bertz CT molecular complexity index is 2060. The van der Waals surface area contributed by atoms with Gasteiger partial charge in [0.05, 0.1) is 5.56 Å². The highest BCUT2D eigenvalue weighted by Gasteiger charge is 2.29. The highest BCUT2D eigenvalue weighted by atomic mass is 16.6. The predicted molar refractivity (Wildman–Crippen MR) is 272 cm³/mol. The monoisotopic (exact) mass is 1010 g/mol. The number of hydrogen-bond donors (Lipinski definition) is 7. The molecule has 0 heterocycles. The van der Waals surface area contributed by atoms with Crippen molar-refractivity contribution in [1.29, 1.82) is 0 Å². The molecule has 0 saturated heterocycles. The first-order chi connectivity index (χ1) is 33.5. The number of carbonyl (C=O) groups is 8. The van der Waals surface area contributed by atoms with Crippen LogP contribution in [0.25, 0.3) is 0 Å². The molecule has 7 amide bonds. The van der Waals surface area contributed by atoms with Crippen LogP contribution in [-0.4, -0.2) is 108 Å². The molecule has 402 valence electrons. The summed E-state index contributed by atoms with van der Waals surface area (Å²) in [6.45, 7) is 21.4. The van der Waals surface area contributed by atoms with Crippen LogP contribution in [0.4, 0.5) is 24.9 Å². The van der Waals surface area contributed by atoms with Gasteiger partial charge >= 0.3 is 30.3 Å². The number of ether oxygens (including phenoxy) is 5. The molecule has 72 heavy (non-hydrogen) atoms. The van der Waals surface area contributed by atoms with Crippen LogP contribution in [0.15, 0.2) is 54.6 Å². The molecule has 0 aliphatic carbocycles. The van der Waals surface area contributed by atoms with Crippen LogP contribution in [-0.2, 0) is 44.7 Å². The Morgan fingerprint density at radius 2 is 0.819 bits per heavy atom. The number of benzene rings is 2. The van der Waals surface area contributed by atoms with E-state index in [-0.39, 0.29) is 44.5 Å². The van der Waals surface area contributed by atoms with Gasteiger partial charge in [0, 0.05) is 25.3 Å². The second-order valence-electron chi connectivity index (χ2n) is 21.2. The fourth-order valence-electron chi connectivity index (χ4n) is 6.47. The summed E-state index contributed by atoms with van der Waals surface area (Å²) >= 11 is 0. The molecule has 2 aromatic carbocycles. The van der Waals surface area contributed by atoms with E-state index in [1.54, 1.807) is 83.1 Å². The third kappa shape index (κ3) is 28.9. The topological polar surface area (TPSA) is 267 Å². The zero-order valence-electron chi connectivity index (χ0n) is 44.4. The van der Waals surface area contributed by atoms with Crippen LogP contribution in [0.2, 0.25) is 0 Å². The Labute approximate surface area is 425 Å². The second kappa shape index (κ2) is 29.7. The Hall–Kier alpha value is -6.60. The number of rotatable bonds is 25. The summed E-state index contributed by atoms with van der Waals surface area (Å²) in [5.74, 6) is -2.28. The molecule has 0 saturated carbocycles. The van der Waals surface area contributed by atoms with Gasteiger partial charge in [-0.3, -0.25) is 14.4 Å². The molecule has 0 unspecified atom stereocenters. The summed E-state index contributed by atoms with van der Waals surface area (Å²) in [4.78, 5) is 104. The maximum absolute atomic E-state index is 14.0. The quantitative estimate of drug-likeness (QED) is 0.0283. The van der Waals surface area contributed by atoms with Crippen molar-refractivity contribution >= 4 is 53.8 Å². The molecular formula is C52H81N7O13. The summed E-state index contributed by atoms with van der Waals surface area (Å²) < 4.78 is 26.8. The molecule has 3 atom stereocenters. The Morgan fingerprint density at radius 1 is 0.431 bits per heavy atom. The number of unbranched alkanes of at least 4 members (excludes halogenated alkanes) is 3. The largest absolute Gasteiger partial charge is 0.457 e. The van der Waals surface area contributed by atoms with Crippen LogP contribution < -0.4 is 37.2 Å². The van der Waals surface area contributed by atoms with E-state index in [4.69, 9.17) is 23.7 Å². The van der Waals surface area contributed by atoms with E-state index in [0.29, 0.717) is 50.8 Å². The number of amides is 7. The van der Waals surface area contributed by atoms with Crippen molar-refractivity contribution in [3.63, 3.8) is 0 Å². The van der Waals surface area contributed by atoms with Crippen LogP contribution in [0.1, 0.15) is 157 Å². The average Bonchev–Trinajstić information content (AvgIpc) is 3.24. The smallest absolute Gasteiger partial charge is 0.408 e. The number of esters is 1. The van der Waals surface area contributed by atoms with E-state index in [2.05, 4.69) is 37.2 Å². The van der Waals surface area contributed by atoms with E-state index >= 15 is 0 Å². The molecule has 20 nitrogen and oxygen atoms in total. The van der Waals surface area contributed by atoms with E-state index in [9.17, 15) is 38.4 Å². The number of carbonyl (C=O) groups excluding carboxylic acids is 8. The van der Waals surface area contributed by atoms with Crippen molar-refractivity contribution in [2.45, 2.75) is 188 Å². The Balaban J connectivity index is 2.21. The molecule has 7 N–H and O–H groups in total. The van der Waals surface area contributed by atoms with Crippen LogP contribution >= 0.6 is 0 Å². The predicted octanol–water partition coefficient (Wildman–Crippen LogP) is 7.93. The number of anilines is 1. The fourth-order valence-corrected chi connectivity index (χ4v) is 6.47. The highest BCUT2D eigenvalue weighted by Crippen LogP contribution is 2.16. The van der Waals surface area contributed by atoms with Crippen LogP contribution in [0, 0.1) is 0 Å². The molecule has 0 aromatic heterocycles. The lowest BCUT2D eigenvalue weighted by atomic mass is 10.0. The van der Waals surface area contributed by atoms with Gasteiger partial charge in [-0.1, -0.05) is 30.3 Å². The first-order valence-corrected chi connectivity index (χ1v) is 24.6. The molecule has 0 aliphatic heterocycles. The van der Waals surface area contributed by atoms with Gasteiger partial charge in [0.1, 0.15) is 47.1 Å². The minimum atomic E-state index is -1.14. The highest BCUT2D eigenvalue weighted by molar-refractivity contribution is 5.99. The van der Waals surface area contributed by atoms with Crippen LogP contribution in [0.3, 0.4) is 0 Å². The maximum Gasteiger partial charge on any atom is 0.408 e. The number of hydrogen-bond acceptors (Lipinski definition) is 13. The lowest BCUT2D eigenvalue weighted by Crippen LogP contribution is -2.53. The minimum Gasteiger partial charge on any atom is -0.457 e. The maximum atomic E-state index is 14.0. The standard InChI is InChI=1S/C52H81N7O13/c1-49(2,3)69-45(64)54-32-20-17-24-38(58-47(66)71-51(7,8)9)41(60)53-31-19-16-25-39(42(61)56-37-29-27-36(28-30-37)44(63)68-34-35-22-14-13-15-23-35)57-43(62)40(59-48(67)72-52(10,11)12)26-18-21-33-55-46(65)70-50(4,5)6/h13-15,22-23,27-30,38-40H,16-21,24-26,31-34H2,1-12H3,(H,53,60)(H,54,64)(H,55,65)(H,56,61)(H,57,62)(H,58,66)(H,59,67)/t38-,39-,40-/m0/s1. The van der Waals surface area contributed by atoms with Gasteiger partial charge in [0.15, 0.2) is 0 Å². The van der Waals surface area contributed by atoms with E-state index in [0.717, 1.165) is 5.56 Å². The Morgan fingerprint density at radius 3 is 1.25 bits per heavy atom. The molecule has 0 spiro atoms. The molecule has 0 aliphatic rings. The minimum absolute atomic E-state index is 0.0795. The van der Waals surface area contributed by atoms with Gasteiger partial charge in [-0.25, -0.2) is 24.0 Å². The number of alkyl carbamates (subject to hydrolysis) is 4. The van der Waals surface area contributed by atoms with Crippen molar-refractivity contribution in [1.82, 2.24) is 31.9 Å². The number of nitrogens with one attached hydrogen (secondary N) is 7. The van der Waals surface area contributed by atoms with E-state index < -0.39 is 88.6 Å². The van der Waals surface area contributed by atoms with Crippen molar-refractivity contribution in [2.75, 3.05) is 25.0 Å². The zero-order valence-corrected chi connectivity index (χ0v) is 44.4. The lowest BCUT2D eigenvalue weighted by Gasteiger charge is -2.25. The fraction of sp³-hybridized carbons (Fsp3) is 0.615. The summed E-state index contributed by atoms with van der Waals surface area (Å²) in [5, 5.41) is 19.1. The van der Waals surface area contributed by atoms with Gasteiger partial charge in [0.2, 0.25) is 17.7 Å². The van der Waals surface area contributed by atoms with Crippen molar-refractivity contribution < 1.29 is 62.0 Å². The molecule has 20 heteroatoms. The van der Waals surface area contributed by atoms with Gasteiger partial charge < -0.3 is 60.9 Å². The second-order valence-corrected chi connectivity index (χ2v) is 21.2. The molecule has 0 radical (unpaired) electrons. The summed E-state index contributed by atoms with van der Waals surface area (Å²) in [6.07, 6.45) is 0.166. The van der Waals surface area contributed by atoms with Crippen molar-refractivity contribution in [2.24, 2.45) is 0 Å². The first-order valence-electron chi connectivity index (χ1n) is 24.6. The summed E-state index contributed by atoms with van der Waals surface area (Å²) in [5.41, 5.74) is -1.62. The van der Waals surface area contributed by atoms with Gasteiger partial charge in [-0.2, -0.15) is 0 Å².